The molecule has 0 aromatic heterocycles. The van der Waals surface area contributed by atoms with Crippen molar-refractivity contribution in [2.24, 2.45) is 4.99 Å². The van der Waals surface area contributed by atoms with Crippen molar-refractivity contribution in [2.45, 2.75) is 45.1 Å². The lowest BCUT2D eigenvalue weighted by Gasteiger charge is -2.16. The van der Waals surface area contributed by atoms with Crippen molar-refractivity contribution >= 4 is 12.2 Å². The number of aryl methyl sites for hydroxylation is 4. The zero-order valence-electron chi connectivity index (χ0n) is 18.5. The van der Waals surface area contributed by atoms with Crippen LogP contribution in [0.15, 0.2) is 71.7 Å². The van der Waals surface area contributed by atoms with Gasteiger partial charge in [-0.05, 0) is 60.4 Å². The molecule has 0 amide bonds. The summed E-state index contributed by atoms with van der Waals surface area (Å²) >= 11 is 0. The lowest BCUT2D eigenvalue weighted by molar-refractivity contribution is -0.144. The molecule has 4 aliphatic rings. The topological polar surface area (TPSA) is 58.9 Å². The molecule has 3 aromatic carbocycles. The van der Waals surface area contributed by atoms with E-state index in [0.29, 0.717) is 18.6 Å². The Balaban J connectivity index is 1.65. The van der Waals surface area contributed by atoms with E-state index in [-0.39, 0.29) is 11.7 Å². The molecule has 0 spiro atoms. The van der Waals surface area contributed by atoms with Crippen LogP contribution in [0.2, 0.25) is 0 Å². The Morgan fingerprint density at radius 3 is 2.22 bits per heavy atom. The fourth-order valence-corrected chi connectivity index (χ4v) is 4.13. The summed E-state index contributed by atoms with van der Waals surface area (Å²) in [6.45, 7) is 2.11. The molecule has 3 aromatic rings. The van der Waals surface area contributed by atoms with Crippen molar-refractivity contribution in [3.8, 4) is 5.75 Å². The molecule has 0 radical (unpaired) electrons. The van der Waals surface area contributed by atoms with Crippen LogP contribution in [0, 0.1) is 0 Å². The largest absolute Gasteiger partial charge is 0.507 e. The number of hydrogen-bond acceptors (Lipinski definition) is 4. The Hall–Kier alpha value is -3.40. The lowest BCUT2D eigenvalue weighted by atomic mass is 9.92. The number of carbonyl (C=O) groups is 1. The van der Waals surface area contributed by atoms with Crippen LogP contribution < -0.4 is 0 Å². The van der Waals surface area contributed by atoms with Crippen molar-refractivity contribution in [1.82, 2.24) is 0 Å². The van der Waals surface area contributed by atoms with E-state index in [2.05, 4.69) is 35.3 Å². The number of carbonyl (C=O) groups excluding carboxylic acids is 1. The minimum Gasteiger partial charge on any atom is -0.507 e. The molecule has 4 nitrogen and oxygen atoms in total. The number of esters is 1. The average Bonchev–Trinajstić information content (AvgIpc) is 2.80. The zero-order valence-corrected chi connectivity index (χ0v) is 18.5. The minimum absolute atomic E-state index is 0.267. The first-order valence-electron chi connectivity index (χ1n) is 11.3. The summed E-state index contributed by atoms with van der Waals surface area (Å²) in [5.74, 6) is -0.0812. The average molecular weight is 428 g/mol. The van der Waals surface area contributed by atoms with Crippen LogP contribution in [0.4, 0.5) is 0 Å². The number of phenolic OH excluding ortho intramolecular Hbond substituents is 1. The quantitative estimate of drug-likeness (QED) is 0.451. The molecule has 164 valence electrons. The maximum Gasteiger partial charge on any atom is 0.331 e. The summed E-state index contributed by atoms with van der Waals surface area (Å²) in [6, 6.07) is 22.0. The third-order valence-corrected chi connectivity index (χ3v) is 5.99. The van der Waals surface area contributed by atoms with E-state index in [4.69, 9.17) is 4.74 Å². The Kier molecular flexibility index (Phi) is 7.00. The third-order valence-electron chi connectivity index (χ3n) is 5.99. The molecule has 0 saturated heterocycles. The van der Waals surface area contributed by atoms with E-state index in [0.717, 1.165) is 42.4 Å². The van der Waals surface area contributed by atoms with E-state index in [1.54, 1.807) is 13.1 Å². The van der Waals surface area contributed by atoms with Gasteiger partial charge in [0.05, 0.1) is 6.61 Å². The second-order valence-electron chi connectivity index (χ2n) is 8.20. The van der Waals surface area contributed by atoms with Gasteiger partial charge in [-0.2, -0.15) is 0 Å². The number of aromatic hydroxyl groups is 1. The zero-order chi connectivity index (χ0) is 22.3. The summed E-state index contributed by atoms with van der Waals surface area (Å²) in [6.07, 6.45) is 5.41. The Morgan fingerprint density at radius 2 is 1.56 bits per heavy atom. The fourth-order valence-electron chi connectivity index (χ4n) is 4.13. The summed E-state index contributed by atoms with van der Waals surface area (Å²) in [4.78, 5) is 17.2. The first-order chi connectivity index (χ1) is 15.6. The Morgan fingerprint density at radius 1 is 0.938 bits per heavy atom. The summed E-state index contributed by atoms with van der Waals surface area (Å²) < 4.78 is 5.27. The third kappa shape index (κ3) is 5.25. The maximum atomic E-state index is 12.6. The van der Waals surface area contributed by atoms with E-state index in [1.165, 1.54) is 11.1 Å². The van der Waals surface area contributed by atoms with Crippen molar-refractivity contribution in [2.75, 3.05) is 6.61 Å². The second kappa shape index (κ2) is 10.3. The van der Waals surface area contributed by atoms with Crippen LogP contribution in [0.1, 0.15) is 40.3 Å². The van der Waals surface area contributed by atoms with E-state index < -0.39 is 6.04 Å². The molecule has 1 unspecified atom stereocenters. The highest BCUT2D eigenvalue weighted by molar-refractivity contribution is 5.89. The first kappa shape index (κ1) is 21.8. The van der Waals surface area contributed by atoms with Crippen molar-refractivity contribution in [3.63, 3.8) is 0 Å². The molecule has 4 aliphatic carbocycles. The van der Waals surface area contributed by atoms with Crippen LogP contribution in [-0.2, 0) is 41.6 Å². The number of aliphatic imine (C=N–C) groups is 1. The van der Waals surface area contributed by atoms with Gasteiger partial charge in [-0.3, -0.25) is 4.99 Å². The van der Waals surface area contributed by atoms with Gasteiger partial charge in [0.1, 0.15) is 5.75 Å². The predicted octanol–water partition coefficient (Wildman–Crippen LogP) is 4.87. The smallest absolute Gasteiger partial charge is 0.331 e. The molecule has 0 fully saturated rings. The van der Waals surface area contributed by atoms with E-state index in [1.807, 2.05) is 36.4 Å². The van der Waals surface area contributed by atoms with Crippen LogP contribution in [-0.4, -0.2) is 29.9 Å². The van der Waals surface area contributed by atoms with Gasteiger partial charge in [0.25, 0.3) is 0 Å². The number of nitrogens with zero attached hydrogens (tertiary/aromatic N) is 1. The standard InChI is InChI=1S/C28H29NO3/c1-2-32-28(31)26(18-22-6-4-3-5-7-22)29-19-25-23-14-12-20-8-10-21(11-9-20)13-15-24(17-16-23)27(25)30/h3-11,16-17,19,26,30H,2,12-15,18H2,1H3. The van der Waals surface area contributed by atoms with E-state index in [9.17, 15) is 9.90 Å². The Bertz CT molecular complexity index is 1090. The summed E-state index contributed by atoms with van der Waals surface area (Å²) in [5, 5.41) is 11.1. The van der Waals surface area contributed by atoms with Gasteiger partial charge in [0, 0.05) is 18.2 Å². The van der Waals surface area contributed by atoms with Crippen molar-refractivity contribution < 1.29 is 14.6 Å². The molecule has 4 bridgehead atoms. The highest BCUT2D eigenvalue weighted by Gasteiger charge is 2.20. The Labute approximate surface area is 189 Å². The molecule has 7 rings (SSSR count). The van der Waals surface area contributed by atoms with Crippen molar-refractivity contribution in [3.05, 3.63) is 100 Å². The van der Waals surface area contributed by atoms with Gasteiger partial charge in [0.15, 0.2) is 6.04 Å². The van der Waals surface area contributed by atoms with Crippen LogP contribution >= 0.6 is 0 Å². The van der Waals surface area contributed by atoms with Crippen LogP contribution in [0.25, 0.3) is 0 Å². The molecular formula is C28H29NO3. The fraction of sp³-hybridized carbons (Fsp3) is 0.286. The predicted molar refractivity (Wildman–Crippen MR) is 128 cm³/mol. The van der Waals surface area contributed by atoms with Gasteiger partial charge in [0.2, 0.25) is 0 Å². The van der Waals surface area contributed by atoms with Gasteiger partial charge >= 0.3 is 5.97 Å². The van der Waals surface area contributed by atoms with Gasteiger partial charge in [-0.15, -0.1) is 0 Å². The molecular weight excluding hydrogens is 398 g/mol. The molecule has 1 N–H and O–H groups in total. The van der Waals surface area contributed by atoms with Crippen LogP contribution in [0.3, 0.4) is 0 Å². The maximum absolute atomic E-state index is 12.6. The molecule has 0 aliphatic heterocycles. The lowest BCUT2D eigenvalue weighted by Crippen LogP contribution is -2.24. The van der Waals surface area contributed by atoms with Crippen LogP contribution in [0.5, 0.6) is 5.75 Å². The van der Waals surface area contributed by atoms with Gasteiger partial charge in [-0.1, -0.05) is 66.7 Å². The monoisotopic (exact) mass is 427 g/mol. The SMILES string of the molecule is CCOC(=O)C(Cc1ccccc1)N=Cc1c2ccc(c1O)CCc1ccc(cc1)CC2. The summed E-state index contributed by atoms with van der Waals surface area (Å²) in [5.41, 5.74) is 6.19. The van der Waals surface area contributed by atoms with Crippen molar-refractivity contribution in [1.29, 1.82) is 0 Å². The molecule has 0 heterocycles. The second-order valence-corrected chi connectivity index (χ2v) is 8.20. The number of rotatable bonds is 6. The highest BCUT2D eigenvalue weighted by atomic mass is 16.5. The molecule has 0 saturated carbocycles. The van der Waals surface area contributed by atoms with E-state index >= 15 is 0 Å². The van der Waals surface area contributed by atoms with Gasteiger partial charge < -0.3 is 9.84 Å². The molecule has 1 atom stereocenters. The highest BCUT2D eigenvalue weighted by Crippen LogP contribution is 2.28. The molecule has 4 heteroatoms. The number of phenols is 1. The minimum atomic E-state index is -0.654. The number of hydrogen-bond donors (Lipinski definition) is 1. The first-order valence-corrected chi connectivity index (χ1v) is 11.3. The normalized spacial score (nSPS) is 14.2. The number of ether oxygens (including phenoxy) is 1. The van der Waals surface area contributed by atoms with Gasteiger partial charge in [-0.25, -0.2) is 4.79 Å². The summed E-state index contributed by atoms with van der Waals surface area (Å²) in [7, 11) is 0. The molecule has 32 heavy (non-hydrogen) atoms. The number of benzene rings is 3.